The molecule has 1 aromatic heterocycles. The highest BCUT2D eigenvalue weighted by Gasteiger charge is 2.15. The van der Waals surface area contributed by atoms with Gasteiger partial charge in [-0.05, 0) is 49.2 Å². The van der Waals surface area contributed by atoms with E-state index in [0.29, 0.717) is 30.1 Å². The van der Waals surface area contributed by atoms with Crippen LogP contribution < -0.4 is 5.32 Å². The molecule has 33 heavy (non-hydrogen) atoms. The summed E-state index contributed by atoms with van der Waals surface area (Å²) in [6.07, 6.45) is 3.19. The molecular formula is C26H24ClF2N3O. The normalized spacial score (nSPS) is 11.1. The van der Waals surface area contributed by atoms with E-state index in [-0.39, 0.29) is 11.4 Å². The molecule has 0 aliphatic carbocycles. The van der Waals surface area contributed by atoms with Gasteiger partial charge < -0.3 is 9.88 Å². The fraction of sp³-hybridized carbons (Fsp3) is 0.231. The number of unbranched alkanes of at least 4 members (excludes halogenated alkanes) is 2. The van der Waals surface area contributed by atoms with Gasteiger partial charge in [0.05, 0.1) is 23.1 Å². The summed E-state index contributed by atoms with van der Waals surface area (Å²) in [7, 11) is 0. The number of fused-ring (bicyclic) bond motifs is 1. The Balaban J connectivity index is 1.36. The van der Waals surface area contributed by atoms with E-state index in [4.69, 9.17) is 16.6 Å². The van der Waals surface area contributed by atoms with Crippen LogP contribution in [0, 0.1) is 11.6 Å². The quantitative estimate of drug-likeness (QED) is 0.300. The van der Waals surface area contributed by atoms with Crippen molar-refractivity contribution < 1.29 is 13.6 Å². The van der Waals surface area contributed by atoms with Crippen LogP contribution in [0.5, 0.6) is 0 Å². The number of aryl methyl sites for hydroxylation is 1. The lowest BCUT2D eigenvalue weighted by molar-refractivity contribution is 0.0949. The Bertz CT molecular complexity index is 1250. The summed E-state index contributed by atoms with van der Waals surface area (Å²) < 4.78 is 30.1. The number of rotatable bonds is 9. The lowest BCUT2D eigenvalue weighted by atomic mass is 10.1. The zero-order valence-electron chi connectivity index (χ0n) is 18.0. The summed E-state index contributed by atoms with van der Waals surface area (Å²) in [5.74, 6) is -0.400. The third-order valence-corrected chi connectivity index (χ3v) is 5.95. The van der Waals surface area contributed by atoms with Crippen molar-refractivity contribution in [2.45, 2.75) is 32.2 Å². The molecule has 7 heteroatoms. The minimum absolute atomic E-state index is 0.0537. The monoisotopic (exact) mass is 467 g/mol. The van der Waals surface area contributed by atoms with Gasteiger partial charge >= 0.3 is 0 Å². The highest BCUT2D eigenvalue weighted by molar-refractivity contribution is 6.31. The van der Waals surface area contributed by atoms with Crippen molar-refractivity contribution in [3.63, 3.8) is 0 Å². The van der Waals surface area contributed by atoms with Gasteiger partial charge in [-0.3, -0.25) is 4.79 Å². The summed E-state index contributed by atoms with van der Waals surface area (Å²) >= 11 is 6.26. The number of halogens is 3. The molecule has 4 aromatic rings. The van der Waals surface area contributed by atoms with Gasteiger partial charge in [0.25, 0.3) is 5.91 Å². The van der Waals surface area contributed by atoms with Crippen LogP contribution in [0.1, 0.15) is 41.0 Å². The first-order chi connectivity index (χ1) is 16.0. The fourth-order valence-corrected chi connectivity index (χ4v) is 4.08. The summed E-state index contributed by atoms with van der Waals surface area (Å²) in [5.41, 5.74) is 2.29. The van der Waals surface area contributed by atoms with Crippen molar-refractivity contribution in [2.75, 3.05) is 6.54 Å². The molecule has 0 bridgehead atoms. The molecule has 4 nitrogen and oxygen atoms in total. The molecule has 0 saturated carbocycles. The lowest BCUT2D eigenvalue weighted by Crippen LogP contribution is -2.25. The Kier molecular flexibility index (Phi) is 7.35. The van der Waals surface area contributed by atoms with Crippen LogP contribution in [0.2, 0.25) is 5.02 Å². The van der Waals surface area contributed by atoms with E-state index in [1.807, 2.05) is 28.8 Å². The van der Waals surface area contributed by atoms with E-state index in [1.165, 1.54) is 18.2 Å². The molecule has 0 aliphatic rings. The Morgan fingerprint density at radius 1 is 0.909 bits per heavy atom. The van der Waals surface area contributed by atoms with Crippen molar-refractivity contribution in [3.05, 3.63) is 100 Å². The SMILES string of the molecule is O=C(NCCCCCc1nc2ccccc2n1Cc1c(F)cccc1Cl)c1ccccc1F. The zero-order chi connectivity index (χ0) is 23.2. The van der Waals surface area contributed by atoms with Gasteiger partial charge in [-0.25, -0.2) is 13.8 Å². The molecule has 1 amide bonds. The Morgan fingerprint density at radius 2 is 1.67 bits per heavy atom. The van der Waals surface area contributed by atoms with E-state index in [2.05, 4.69) is 5.32 Å². The largest absolute Gasteiger partial charge is 0.352 e. The molecule has 0 fully saturated rings. The summed E-state index contributed by atoms with van der Waals surface area (Å²) in [5, 5.41) is 3.15. The highest BCUT2D eigenvalue weighted by atomic mass is 35.5. The third-order valence-electron chi connectivity index (χ3n) is 5.59. The second-order valence-corrected chi connectivity index (χ2v) is 8.26. The van der Waals surface area contributed by atoms with Crippen LogP contribution in [0.15, 0.2) is 66.7 Å². The first kappa shape index (κ1) is 22.9. The highest BCUT2D eigenvalue weighted by Crippen LogP contribution is 2.24. The van der Waals surface area contributed by atoms with Crippen LogP contribution in [0.4, 0.5) is 8.78 Å². The van der Waals surface area contributed by atoms with E-state index < -0.39 is 11.7 Å². The van der Waals surface area contributed by atoms with Gasteiger partial charge in [0.2, 0.25) is 0 Å². The van der Waals surface area contributed by atoms with Gasteiger partial charge in [-0.15, -0.1) is 0 Å². The van der Waals surface area contributed by atoms with Crippen molar-refractivity contribution >= 4 is 28.5 Å². The number of nitrogens with zero attached hydrogens (tertiary/aromatic N) is 2. The topological polar surface area (TPSA) is 46.9 Å². The number of imidazole rings is 1. The maximum atomic E-state index is 14.4. The second-order valence-electron chi connectivity index (χ2n) is 7.85. The maximum absolute atomic E-state index is 14.4. The number of nitrogens with one attached hydrogen (secondary N) is 1. The van der Waals surface area contributed by atoms with Crippen molar-refractivity contribution in [1.29, 1.82) is 0 Å². The van der Waals surface area contributed by atoms with Gasteiger partial charge in [-0.1, -0.05) is 48.4 Å². The Morgan fingerprint density at radius 3 is 2.48 bits per heavy atom. The lowest BCUT2D eigenvalue weighted by Gasteiger charge is -2.12. The molecule has 3 aromatic carbocycles. The molecule has 0 radical (unpaired) electrons. The number of aromatic nitrogens is 2. The number of carbonyl (C=O) groups is 1. The van der Waals surface area contributed by atoms with Gasteiger partial charge in [0.1, 0.15) is 17.5 Å². The first-order valence-corrected chi connectivity index (χ1v) is 11.3. The molecule has 4 rings (SSSR count). The van der Waals surface area contributed by atoms with E-state index in [0.717, 1.165) is 36.1 Å². The molecule has 1 heterocycles. The van der Waals surface area contributed by atoms with Gasteiger partial charge in [0, 0.05) is 23.6 Å². The fourth-order valence-electron chi connectivity index (χ4n) is 3.86. The molecule has 0 saturated heterocycles. The van der Waals surface area contributed by atoms with E-state index in [1.54, 1.807) is 24.3 Å². The first-order valence-electron chi connectivity index (χ1n) is 10.9. The van der Waals surface area contributed by atoms with Gasteiger partial charge in [-0.2, -0.15) is 0 Å². The Hall–Kier alpha value is -3.25. The number of amides is 1. The van der Waals surface area contributed by atoms with Crippen molar-refractivity contribution in [1.82, 2.24) is 14.9 Å². The molecule has 170 valence electrons. The predicted molar refractivity (Wildman–Crippen MR) is 127 cm³/mol. The van der Waals surface area contributed by atoms with E-state index >= 15 is 0 Å². The average molecular weight is 468 g/mol. The minimum atomic E-state index is -0.524. The minimum Gasteiger partial charge on any atom is -0.352 e. The summed E-state index contributed by atoms with van der Waals surface area (Å²) in [4.78, 5) is 16.8. The van der Waals surface area contributed by atoms with Gasteiger partial charge in [0.15, 0.2) is 0 Å². The van der Waals surface area contributed by atoms with Crippen LogP contribution in [-0.2, 0) is 13.0 Å². The molecule has 0 atom stereocenters. The van der Waals surface area contributed by atoms with E-state index in [9.17, 15) is 13.6 Å². The standard InChI is InChI=1S/C26H24ClF2N3O/c27-20-10-8-12-22(29)19(20)17-32-24-14-6-5-13-23(24)31-25(32)15-2-1-7-16-30-26(33)18-9-3-4-11-21(18)28/h3-6,8-14H,1-2,7,15-17H2,(H,30,33). The number of benzene rings is 3. The predicted octanol–water partition coefficient (Wildman–Crippen LogP) is 6.16. The third kappa shape index (κ3) is 5.40. The van der Waals surface area contributed by atoms with Crippen molar-refractivity contribution in [2.24, 2.45) is 0 Å². The summed E-state index contributed by atoms with van der Waals surface area (Å²) in [6, 6.07) is 18.4. The Labute approximate surface area is 196 Å². The smallest absolute Gasteiger partial charge is 0.254 e. The second kappa shape index (κ2) is 10.6. The van der Waals surface area contributed by atoms with Crippen LogP contribution in [-0.4, -0.2) is 22.0 Å². The molecule has 0 unspecified atom stereocenters. The molecule has 1 N–H and O–H groups in total. The van der Waals surface area contributed by atoms with Crippen LogP contribution in [0.3, 0.4) is 0 Å². The molecular weight excluding hydrogens is 444 g/mol. The zero-order valence-corrected chi connectivity index (χ0v) is 18.8. The number of hydrogen-bond acceptors (Lipinski definition) is 2. The summed E-state index contributed by atoms with van der Waals surface area (Å²) in [6.45, 7) is 0.772. The molecule has 0 aliphatic heterocycles. The van der Waals surface area contributed by atoms with Crippen LogP contribution in [0.25, 0.3) is 11.0 Å². The number of hydrogen-bond donors (Lipinski definition) is 1. The van der Waals surface area contributed by atoms with Crippen LogP contribution >= 0.6 is 11.6 Å². The number of para-hydroxylation sites is 2. The maximum Gasteiger partial charge on any atom is 0.254 e. The molecule has 0 spiro atoms. The van der Waals surface area contributed by atoms with Crippen molar-refractivity contribution in [3.8, 4) is 0 Å². The number of carbonyl (C=O) groups excluding carboxylic acids is 1. The average Bonchev–Trinajstić information content (AvgIpc) is 3.16.